The van der Waals surface area contributed by atoms with E-state index in [1.807, 2.05) is 43.3 Å². The Kier molecular flexibility index (Phi) is 5.15. The summed E-state index contributed by atoms with van der Waals surface area (Å²) in [5.41, 5.74) is 0.636. The fourth-order valence-electron chi connectivity index (χ4n) is 3.06. The average Bonchev–Trinajstić information content (AvgIpc) is 3.28. The Bertz CT molecular complexity index is 663. The van der Waals surface area contributed by atoms with Gasteiger partial charge in [0.15, 0.2) is 0 Å². The molecule has 1 aliphatic rings. The lowest BCUT2D eigenvalue weighted by molar-refractivity contribution is 0.0939. The molecule has 2 aromatic heterocycles. The van der Waals surface area contributed by atoms with E-state index in [4.69, 9.17) is 4.42 Å². The molecule has 0 bridgehead atoms. The van der Waals surface area contributed by atoms with Gasteiger partial charge in [-0.3, -0.25) is 9.69 Å². The topological polar surface area (TPSA) is 61.6 Å². The van der Waals surface area contributed by atoms with Gasteiger partial charge in [-0.15, -0.1) is 0 Å². The summed E-state index contributed by atoms with van der Waals surface area (Å²) in [6.07, 6.45) is 5.70. The van der Waals surface area contributed by atoms with Crippen molar-refractivity contribution in [2.45, 2.75) is 18.9 Å². The summed E-state index contributed by atoms with van der Waals surface area (Å²) in [5, 5.41) is 3.03. The van der Waals surface area contributed by atoms with Crippen LogP contribution in [-0.2, 0) is 0 Å². The van der Waals surface area contributed by atoms with Crippen molar-refractivity contribution in [1.29, 1.82) is 0 Å². The van der Waals surface area contributed by atoms with Crippen molar-refractivity contribution in [2.75, 3.05) is 38.6 Å². The van der Waals surface area contributed by atoms with Crippen molar-refractivity contribution in [2.24, 2.45) is 0 Å². The van der Waals surface area contributed by atoms with E-state index in [0.717, 1.165) is 37.5 Å². The average molecular weight is 328 g/mol. The number of carbonyl (C=O) groups excluding carboxylic acids is 1. The highest BCUT2D eigenvalue weighted by molar-refractivity contribution is 5.98. The summed E-state index contributed by atoms with van der Waals surface area (Å²) in [4.78, 5) is 21.3. The summed E-state index contributed by atoms with van der Waals surface area (Å²) in [5.74, 6) is 1.53. The molecule has 1 saturated heterocycles. The lowest BCUT2D eigenvalue weighted by atomic mass is 10.2. The predicted octanol–water partition coefficient (Wildman–Crippen LogP) is 2.31. The fourth-order valence-corrected chi connectivity index (χ4v) is 3.06. The molecular formula is C18H24N4O2. The Morgan fingerprint density at radius 3 is 2.79 bits per heavy atom. The molecule has 1 atom stereocenters. The number of anilines is 1. The van der Waals surface area contributed by atoms with Gasteiger partial charge in [0.05, 0.1) is 17.9 Å². The van der Waals surface area contributed by atoms with Gasteiger partial charge in [-0.1, -0.05) is 0 Å². The molecular weight excluding hydrogens is 304 g/mol. The number of carbonyl (C=O) groups is 1. The molecule has 0 aliphatic carbocycles. The molecule has 6 nitrogen and oxygen atoms in total. The monoisotopic (exact) mass is 328 g/mol. The van der Waals surface area contributed by atoms with E-state index in [0.29, 0.717) is 12.1 Å². The lowest BCUT2D eigenvalue weighted by Gasteiger charge is -2.23. The number of likely N-dealkylation sites (N-methyl/N-ethyl adjacent to an activating group) is 1. The van der Waals surface area contributed by atoms with Crippen LogP contribution in [0.1, 0.15) is 35.0 Å². The first kappa shape index (κ1) is 16.5. The minimum atomic E-state index is -0.0941. The molecule has 24 heavy (non-hydrogen) atoms. The highest BCUT2D eigenvalue weighted by Gasteiger charge is 2.22. The molecule has 1 aliphatic heterocycles. The maximum absolute atomic E-state index is 12.7. The van der Waals surface area contributed by atoms with Gasteiger partial charge in [0, 0.05) is 25.8 Å². The van der Waals surface area contributed by atoms with Gasteiger partial charge in [0.2, 0.25) is 0 Å². The van der Waals surface area contributed by atoms with Crippen LogP contribution >= 0.6 is 0 Å². The number of hydrogen-bond acceptors (Lipinski definition) is 5. The molecule has 128 valence electrons. The van der Waals surface area contributed by atoms with E-state index in [1.165, 1.54) is 0 Å². The smallest absolute Gasteiger partial charge is 0.255 e. The van der Waals surface area contributed by atoms with Crippen LogP contribution in [0.4, 0.5) is 5.82 Å². The molecule has 1 amide bonds. The molecule has 0 unspecified atom stereocenters. The standard InChI is InChI=1S/C18H24N4O2/c1-21(2)15(16-8-6-12-24-16)13-20-18(23)14-7-5-9-19-17(14)22-10-3-4-11-22/h5-9,12,15H,3-4,10-11,13H2,1-2H3,(H,20,23)/t15-/m0/s1. The van der Waals surface area contributed by atoms with Gasteiger partial charge in [-0.2, -0.15) is 0 Å². The molecule has 0 spiro atoms. The Balaban J connectivity index is 1.71. The zero-order valence-corrected chi connectivity index (χ0v) is 14.2. The second kappa shape index (κ2) is 7.49. The number of rotatable bonds is 6. The minimum Gasteiger partial charge on any atom is -0.468 e. The zero-order valence-electron chi connectivity index (χ0n) is 14.2. The SMILES string of the molecule is CN(C)[C@@H](CNC(=O)c1cccnc1N1CCCC1)c1ccco1. The molecule has 3 rings (SSSR count). The molecule has 1 N–H and O–H groups in total. The van der Waals surface area contributed by atoms with E-state index < -0.39 is 0 Å². The zero-order chi connectivity index (χ0) is 16.9. The Morgan fingerprint density at radius 1 is 1.33 bits per heavy atom. The number of amides is 1. The second-order valence-electron chi connectivity index (χ2n) is 6.27. The highest BCUT2D eigenvalue weighted by Crippen LogP contribution is 2.22. The normalized spacial score (nSPS) is 15.7. The van der Waals surface area contributed by atoms with Gasteiger partial charge in [-0.05, 0) is 51.2 Å². The Hall–Kier alpha value is -2.34. The summed E-state index contributed by atoms with van der Waals surface area (Å²) in [6, 6.07) is 7.44. The molecule has 0 radical (unpaired) electrons. The van der Waals surface area contributed by atoms with Gasteiger partial charge >= 0.3 is 0 Å². The van der Waals surface area contributed by atoms with Crippen LogP contribution in [0.3, 0.4) is 0 Å². The van der Waals surface area contributed by atoms with Crippen molar-refractivity contribution in [3.05, 3.63) is 48.0 Å². The Labute approximate surface area is 142 Å². The largest absolute Gasteiger partial charge is 0.468 e. The van der Waals surface area contributed by atoms with Crippen LogP contribution in [0, 0.1) is 0 Å². The maximum Gasteiger partial charge on any atom is 0.255 e. The van der Waals surface area contributed by atoms with Crippen LogP contribution in [0.25, 0.3) is 0 Å². The summed E-state index contributed by atoms with van der Waals surface area (Å²) < 4.78 is 5.49. The van der Waals surface area contributed by atoms with Crippen molar-refractivity contribution in [3.63, 3.8) is 0 Å². The predicted molar refractivity (Wildman–Crippen MR) is 93.2 cm³/mol. The van der Waals surface area contributed by atoms with Crippen LogP contribution in [0.5, 0.6) is 0 Å². The first-order valence-corrected chi connectivity index (χ1v) is 8.35. The van der Waals surface area contributed by atoms with E-state index in [2.05, 4.69) is 15.2 Å². The first-order chi connectivity index (χ1) is 11.7. The summed E-state index contributed by atoms with van der Waals surface area (Å²) >= 11 is 0. The van der Waals surface area contributed by atoms with E-state index in [1.54, 1.807) is 12.5 Å². The third-order valence-electron chi connectivity index (χ3n) is 4.39. The first-order valence-electron chi connectivity index (χ1n) is 8.35. The molecule has 0 aromatic carbocycles. The van der Waals surface area contributed by atoms with Crippen LogP contribution in [-0.4, -0.2) is 49.5 Å². The quantitative estimate of drug-likeness (QED) is 0.882. The van der Waals surface area contributed by atoms with Crippen LogP contribution in [0.15, 0.2) is 41.1 Å². The lowest BCUT2D eigenvalue weighted by Crippen LogP contribution is -2.35. The van der Waals surface area contributed by atoms with E-state index >= 15 is 0 Å². The molecule has 1 fully saturated rings. The second-order valence-corrected chi connectivity index (χ2v) is 6.27. The van der Waals surface area contributed by atoms with E-state index in [-0.39, 0.29) is 11.9 Å². The maximum atomic E-state index is 12.7. The summed E-state index contributed by atoms with van der Waals surface area (Å²) in [7, 11) is 3.94. The number of aromatic nitrogens is 1. The number of hydrogen-bond donors (Lipinski definition) is 1. The third-order valence-corrected chi connectivity index (χ3v) is 4.39. The molecule has 2 aromatic rings. The third kappa shape index (κ3) is 3.59. The molecule has 3 heterocycles. The summed E-state index contributed by atoms with van der Waals surface area (Å²) in [6.45, 7) is 2.40. The van der Waals surface area contributed by atoms with Crippen molar-refractivity contribution in [3.8, 4) is 0 Å². The van der Waals surface area contributed by atoms with Gasteiger partial charge in [0.25, 0.3) is 5.91 Å². The fraction of sp³-hybridized carbons (Fsp3) is 0.444. The number of pyridine rings is 1. The van der Waals surface area contributed by atoms with Gasteiger partial charge in [-0.25, -0.2) is 4.98 Å². The minimum absolute atomic E-state index is 0.00384. The number of nitrogens with one attached hydrogen (secondary N) is 1. The van der Waals surface area contributed by atoms with Crippen LogP contribution < -0.4 is 10.2 Å². The van der Waals surface area contributed by atoms with E-state index in [9.17, 15) is 4.79 Å². The number of nitrogens with zero attached hydrogens (tertiary/aromatic N) is 3. The Morgan fingerprint density at radius 2 is 2.12 bits per heavy atom. The van der Waals surface area contributed by atoms with Gasteiger partial charge < -0.3 is 14.6 Å². The molecule has 0 saturated carbocycles. The van der Waals surface area contributed by atoms with Crippen LogP contribution in [0.2, 0.25) is 0 Å². The van der Waals surface area contributed by atoms with Crippen molar-refractivity contribution < 1.29 is 9.21 Å². The van der Waals surface area contributed by atoms with Crippen molar-refractivity contribution in [1.82, 2.24) is 15.2 Å². The van der Waals surface area contributed by atoms with Crippen molar-refractivity contribution >= 4 is 11.7 Å². The highest BCUT2D eigenvalue weighted by atomic mass is 16.3. The van der Waals surface area contributed by atoms with Gasteiger partial charge in [0.1, 0.15) is 11.6 Å². The number of furan rings is 1. The molecule has 6 heteroatoms.